The van der Waals surface area contributed by atoms with Crippen molar-refractivity contribution in [2.75, 3.05) is 0 Å². The predicted octanol–water partition coefficient (Wildman–Crippen LogP) is 4.84. The first-order valence-electron chi connectivity index (χ1n) is 7.94. The molecule has 0 aromatic heterocycles. The Morgan fingerprint density at radius 2 is 1.70 bits per heavy atom. The monoisotopic (exact) mass is 415 g/mol. The molecule has 2 aromatic rings. The zero-order valence-corrected chi connectivity index (χ0v) is 16.3. The van der Waals surface area contributed by atoms with Crippen LogP contribution in [0.4, 0.5) is 0 Å². The van der Waals surface area contributed by atoms with Crippen LogP contribution in [-0.2, 0) is 9.59 Å². The first-order chi connectivity index (χ1) is 13.0. The van der Waals surface area contributed by atoms with Gasteiger partial charge in [0, 0.05) is 5.03 Å². The maximum Gasteiger partial charge on any atom is 0.331 e. The van der Waals surface area contributed by atoms with Crippen LogP contribution >= 0.6 is 35.6 Å². The molecule has 0 spiro atoms. The molecule has 1 aliphatic heterocycles. The molecule has 1 fully saturated rings. The third-order valence-electron chi connectivity index (χ3n) is 3.80. The van der Waals surface area contributed by atoms with Gasteiger partial charge in [-0.25, -0.2) is 4.79 Å². The fraction of sp³-hybridized carbons (Fsp3) is 0.0500. The molecule has 0 saturated carbocycles. The number of allylic oxidation sites excluding steroid dienone is 2. The van der Waals surface area contributed by atoms with E-state index >= 15 is 0 Å². The van der Waals surface area contributed by atoms with E-state index in [0.717, 1.165) is 22.2 Å². The molecule has 1 N–H and O–H groups in total. The Labute approximate surface area is 171 Å². The lowest BCUT2D eigenvalue weighted by Gasteiger charge is -2.23. The summed E-state index contributed by atoms with van der Waals surface area (Å²) in [7, 11) is 0. The molecule has 0 radical (unpaired) electrons. The summed E-state index contributed by atoms with van der Waals surface area (Å²) < 4.78 is 0.187. The van der Waals surface area contributed by atoms with Crippen molar-refractivity contribution >= 4 is 57.9 Å². The maximum atomic E-state index is 12.8. The Morgan fingerprint density at radius 3 is 2.30 bits per heavy atom. The van der Waals surface area contributed by atoms with Gasteiger partial charge in [0.25, 0.3) is 5.91 Å². The minimum absolute atomic E-state index is 0.187. The zero-order chi connectivity index (χ0) is 19.4. The number of nitrogens with zero attached hydrogens (tertiary/aromatic N) is 1. The third-order valence-corrected chi connectivity index (χ3v) is 5.35. The van der Waals surface area contributed by atoms with Gasteiger partial charge in [-0.15, -0.1) is 0 Å². The number of hydrogen-bond acceptors (Lipinski definition) is 4. The summed E-state index contributed by atoms with van der Waals surface area (Å²) in [6.45, 7) is 0. The Balaban J connectivity index is 1.90. The molecule has 0 aliphatic carbocycles. The third kappa shape index (κ3) is 4.47. The number of halogens is 1. The van der Waals surface area contributed by atoms with Crippen LogP contribution in [0.15, 0.2) is 76.7 Å². The predicted molar refractivity (Wildman–Crippen MR) is 112 cm³/mol. The van der Waals surface area contributed by atoms with Crippen LogP contribution < -0.4 is 0 Å². The van der Waals surface area contributed by atoms with Crippen LogP contribution in [0.5, 0.6) is 0 Å². The number of hydrogen-bond donors (Lipinski definition) is 1. The summed E-state index contributed by atoms with van der Waals surface area (Å²) in [6.07, 6.45) is 3.23. The van der Waals surface area contributed by atoms with Gasteiger partial charge in [-0.05, 0) is 23.3 Å². The normalized spacial score (nSPS) is 17.4. The number of carboxylic acids is 1. The summed E-state index contributed by atoms with van der Waals surface area (Å²) in [5, 5.41) is 10.0. The van der Waals surface area contributed by atoms with Crippen LogP contribution in [0, 0.1) is 0 Å². The van der Waals surface area contributed by atoms with Crippen LogP contribution in [0.3, 0.4) is 0 Å². The Bertz CT molecular complexity index is 942. The van der Waals surface area contributed by atoms with Gasteiger partial charge in [-0.1, -0.05) is 96.2 Å². The maximum absolute atomic E-state index is 12.8. The fourth-order valence-electron chi connectivity index (χ4n) is 2.62. The van der Waals surface area contributed by atoms with Crippen LogP contribution in [-0.4, -0.2) is 26.2 Å². The molecule has 136 valence electrons. The van der Waals surface area contributed by atoms with E-state index in [4.69, 9.17) is 23.8 Å². The first-order valence-corrected chi connectivity index (χ1v) is 9.54. The number of thiocarbonyl (C=S) groups is 1. The van der Waals surface area contributed by atoms with Gasteiger partial charge in [0.1, 0.15) is 4.32 Å². The number of carboxylic acid groups (broad SMARTS) is 1. The molecule has 27 heavy (non-hydrogen) atoms. The molecule has 4 nitrogen and oxygen atoms in total. The van der Waals surface area contributed by atoms with Crippen molar-refractivity contribution in [2.24, 2.45) is 0 Å². The van der Waals surface area contributed by atoms with Crippen molar-refractivity contribution in [3.05, 3.63) is 87.8 Å². The fourth-order valence-corrected chi connectivity index (χ4v) is 4.22. The van der Waals surface area contributed by atoms with Crippen LogP contribution in [0.2, 0.25) is 0 Å². The van der Waals surface area contributed by atoms with E-state index in [-0.39, 0.29) is 4.32 Å². The molecule has 1 amide bonds. The molecule has 7 heteroatoms. The molecule has 1 aliphatic rings. The highest BCUT2D eigenvalue weighted by molar-refractivity contribution is 8.26. The van der Waals surface area contributed by atoms with Crippen molar-refractivity contribution in [1.82, 2.24) is 4.90 Å². The van der Waals surface area contributed by atoms with Crippen LogP contribution in [0.25, 0.3) is 6.08 Å². The van der Waals surface area contributed by atoms with Gasteiger partial charge >= 0.3 is 5.97 Å². The molecular weight excluding hydrogens is 402 g/mol. The highest BCUT2D eigenvalue weighted by Crippen LogP contribution is 2.38. The molecule has 1 atom stereocenters. The zero-order valence-electron chi connectivity index (χ0n) is 13.9. The lowest BCUT2D eigenvalue weighted by atomic mass is 10.1. The van der Waals surface area contributed by atoms with E-state index in [2.05, 4.69) is 0 Å². The highest BCUT2D eigenvalue weighted by atomic mass is 35.5. The first kappa shape index (κ1) is 19.4. The molecule has 3 rings (SSSR count). The lowest BCUT2D eigenvalue weighted by Crippen LogP contribution is -2.37. The number of carbonyl (C=O) groups excluding carboxylic acids is 1. The van der Waals surface area contributed by atoms with E-state index in [1.54, 1.807) is 36.4 Å². The molecule has 1 saturated heterocycles. The quantitative estimate of drug-likeness (QED) is 0.559. The van der Waals surface area contributed by atoms with Crippen molar-refractivity contribution in [3.63, 3.8) is 0 Å². The molecular formula is C20H14ClNO3S2. The van der Waals surface area contributed by atoms with E-state index in [0.29, 0.717) is 15.5 Å². The molecule has 0 bridgehead atoms. The van der Waals surface area contributed by atoms with Crippen molar-refractivity contribution < 1.29 is 14.7 Å². The summed E-state index contributed by atoms with van der Waals surface area (Å²) in [5.41, 5.74) is 1.37. The average Bonchev–Trinajstić information content (AvgIpc) is 2.91. The Kier molecular flexibility index (Phi) is 6.11. The number of carbonyl (C=O) groups is 2. The SMILES string of the molecule is O=C(O)[C@H](c1ccccc1)N1C(=O)/C(=C/C(Cl)=C/c2ccccc2)SC1=S. The topological polar surface area (TPSA) is 57.6 Å². The van der Waals surface area contributed by atoms with E-state index < -0.39 is 17.9 Å². The summed E-state index contributed by atoms with van der Waals surface area (Å²) in [4.78, 5) is 26.1. The van der Waals surface area contributed by atoms with Crippen molar-refractivity contribution in [3.8, 4) is 0 Å². The van der Waals surface area contributed by atoms with Crippen molar-refractivity contribution in [1.29, 1.82) is 0 Å². The molecule has 0 unspecified atom stereocenters. The second-order valence-corrected chi connectivity index (χ2v) is 7.76. The van der Waals surface area contributed by atoms with E-state index in [9.17, 15) is 14.7 Å². The molecule has 1 heterocycles. The largest absolute Gasteiger partial charge is 0.479 e. The minimum Gasteiger partial charge on any atom is -0.479 e. The van der Waals surface area contributed by atoms with Gasteiger partial charge in [0.05, 0.1) is 4.91 Å². The number of amides is 1. The summed E-state index contributed by atoms with van der Waals surface area (Å²) in [6, 6.07) is 16.8. The smallest absolute Gasteiger partial charge is 0.331 e. The average molecular weight is 416 g/mol. The Hall–Kier alpha value is -2.41. The van der Waals surface area contributed by atoms with Gasteiger partial charge in [0.15, 0.2) is 6.04 Å². The molecule has 2 aromatic carbocycles. The lowest BCUT2D eigenvalue weighted by molar-refractivity contribution is -0.145. The second-order valence-electron chi connectivity index (χ2n) is 5.64. The van der Waals surface area contributed by atoms with Gasteiger partial charge in [0.2, 0.25) is 0 Å². The van der Waals surface area contributed by atoms with Gasteiger partial charge in [-0.2, -0.15) is 0 Å². The van der Waals surface area contributed by atoms with E-state index in [1.807, 2.05) is 30.3 Å². The van der Waals surface area contributed by atoms with Gasteiger partial charge < -0.3 is 5.11 Å². The van der Waals surface area contributed by atoms with E-state index in [1.165, 1.54) is 6.08 Å². The number of aliphatic carboxylic acids is 1. The summed E-state index contributed by atoms with van der Waals surface area (Å²) >= 11 is 12.6. The summed E-state index contributed by atoms with van der Waals surface area (Å²) in [5.74, 6) is -1.62. The minimum atomic E-state index is -1.18. The second kappa shape index (κ2) is 8.52. The number of rotatable bonds is 5. The number of thioether (sulfide) groups is 1. The Morgan fingerprint density at radius 1 is 1.11 bits per heavy atom. The van der Waals surface area contributed by atoms with Crippen LogP contribution in [0.1, 0.15) is 17.2 Å². The van der Waals surface area contributed by atoms with Crippen molar-refractivity contribution in [2.45, 2.75) is 6.04 Å². The van der Waals surface area contributed by atoms with Gasteiger partial charge in [-0.3, -0.25) is 9.69 Å². The standard InChI is InChI=1S/C20H14ClNO3S2/c21-15(11-13-7-3-1-4-8-13)12-16-18(23)22(20(26)27-16)17(19(24)25)14-9-5-2-6-10-14/h1-12,17H,(H,24,25)/b15-11-,16-12-/t17-/m0/s1. The number of benzene rings is 2. The highest BCUT2D eigenvalue weighted by Gasteiger charge is 2.41.